The quantitative estimate of drug-likeness (QED) is 0.798. The molecule has 0 aromatic carbocycles. The zero-order valence-corrected chi connectivity index (χ0v) is 12.1. The molecule has 2 fully saturated rings. The molecular formula is C11H18BrNO3S. The summed E-state index contributed by atoms with van der Waals surface area (Å²) in [6.07, 6.45) is 4.98. The topological polar surface area (TPSA) is 63.2 Å². The first-order chi connectivity index (χ1) is 7.99. The Bertz CT molecular complexity index is 397. The lowest BCUT2D eigenvalue weighted by Gasteiger charge is -2.42. The van der Waals surface area contributed by atoms with Gasteiger partial charge in [0.25, 0.3) is 0 Å². The Morgan fingerprint density at radius 3 is 2.47 bits per heavy atom. The van der Waals surface area contributed by atoms with Crippen LogP contribution in [0.15, 0.2) is 0 Å². The summed E-state index contributed by atoms with van der Waals surface area (Å²) < 4.78 is 23.7. The van der Waals surface area contributed by atoms with Crippen LogP contribution >= 0.6 is 15.9 Å². The van der Waals surface area contributed by atoms with Gasteiger partial charge in [0.15, 0.2) is 9.84 Å². The number of alkyl halides is 1. The van der Waals surface area contributed by atoms with E-state index in [1.54, 1.807) is 0 Å². The van der Waals surface area contributed by atoms with Gasteiger partial charge in [0.05, 0.1) is 5.75 Å². The minimum Gasteiger partial charge on any atom is -0.349 e. The molecule has 0 radical (unpaired) electrons. The number of carbonyl (C=O) groups excluding carboxylic acids is 1. The van der Waals surface area contributed by atoms with E-state index in [0.29, 0.717) is 18.2 Å². The third-order valence-electron chi connectivity index (χ3n) is 3.83. The third-order valence-corrected chi connectivity index (χ3v) is 7.07. The first kappa shape index (κ1) is 13.3. The molecular weight excluding hydrogens is 306 g/mol. The van der Waals surface area contributed by atoms with Crippen molar-refractivity contribution >= 4 is 31.7 Å². The fraction of sp³-hybridized carbons (Fsp3) is 0.909. The van der Waals surface area contributed by atoms with E-state index >= 15 is 0 Å². The molecule has 1 N–H and O–H groups in total. The molecule has 0 aromatic heterocycles. The molecule has 6 heteroatoms. The number of halogens is 1. The molecule has 1 amide bonds. The van der Waals surface area contributed by atoms with E-state index in [1.165, 1.54) is 0 Å². The van der Waals surface area contributed by atoms with E-state index in [1.807, 2.05) is 0 Å². The summed E-state index contributed by atoms with van der Waals surface area (Å²) in [6, 6.07) is 0. The van der Waals surface area contributed by atoms with Crippen LogP contribution in [0.2, 0.25) is 0 Å². The van der Waals surface area contributed by atoms with Gasteiger partial charge in [-0.05, 0) is 32.1 Å². The predicted molar refractivity (Wildman–Crippen MR) is 69.9 cm³/mol. The van der Waals surface area contributed by atoms with E-state index in [4.69, 9.17) is 0 Å². The highest BCUT2D eigenvalue weighted by Crippen LogP contribution is 2.34. The maximum absolute atomic E-state index is 12.1. The average molecular weight is 324 g/mol. The molecule has 17 heavy (non-hydrogen) atoms. The van der Waals surface area contributed by atoms with Crippen LogP contribution in [0.1, 0.15) is 38.5 Å². The molecule has 2 aliphatic rings. The Labute approximate surface area is 111 Å². The first-order valence-electron chi connectivity index (χ1n) is 6.09. The number of rotatable bonds is 3. The van der Waals surface area contributed by atoms with Crippen LogP contribution in [0.3, 0.4) is 0 Å². The normalized spacial score (nSPS) is 30.3. The minimum atomic E-state index is -3.21. The molecule has 1 unspecified atom stereocenters. The van der Waals surface area contributed by atoms with Crippen molar-refractivity contribution in [2.75, 3.05) is 11.1 Å². The van der Waals surface area contributed by atoms with Crippen molar-refractivity contribution in [3.8, 4) is 0 Å². The number of nitrogens with one attached hydrogen (secondary N) is 1. The molecule has 2 rings (SSSR count). The predicted octanol–water partition coefficient (Wildman–Crippen LogP) is 1.39. The van der Waals surface area contributed by atoms with E-state index in [0.717, 1.165) is 25.7 Å². The van der Waals surface area contributed by atoms with Gasteiger partial charge in [-0.25, -0.2) is 8.42 Å². The van der Waals surface area contributed by atoms with Crippen LogP contribution in [0.25, 0.3) is 0 Å². The summed E-state index contributed by atoms with van der Waals surface area (Å²) >= 11 is 3.40. The van der Waals surface area contributed by atoms with Crippen LogP contribution in [0, 0.1) is 0 Å². The fourth-order valence-electron chi connectivity index (χ4n) is 2.49. The van der Waals surface area contributed by atoms with Gasteiger partial charge in [-0.2, -0.15) is 0 Å². The Morgan fingerprint density at radius 2 is 2.00 bits per heavy atom. The monoisotopic (exact) mass is 323 g/mol. The van der Waals surface area contributed by atoms with Crippen molar-refractivity contribution in [1.29, 1.82) is 0 Å². The summed E-state index contributed by atoms with van der Waals surface area (Å²) in [5.74, 6) is -0.129. The van der Waals surface area contributed by atoms with E-state index in [9.17, 15) is 13.2 Å². The van der Waals surface area contributed by atoms with E-state index in [-0.39, 0.29) is 17.2 Å². The Balaban J connectivity index is 2.04. The lowest BCUT2D eigenvalue weighted by atomic mass is 9.78. The SMILES string of the molecule is O=C(NC1(CBr)CCC1)C1CCCCS1(=O)=O. The summed E-state index contributed by atoms with van der Waals surface area (Å²) in [6.45, 7) is 0. The van der Waals surface area contributed by atoms with Crippen LogP contribution in [0.5, 0.6) is 0 Å². The van der Waals surface area contributed by atoms with Gasteiger partial charge in [0, 0.05) is 10.9 Å². The number of hydrogen-bond acceptors (Lipinski definition) is 3. The Morgan fingerprint density at radius 1 is 1.29 bits per heavy atom. The standard InChI is InChI=1S/C11H18BrNO3S/c12-8-11(5-3-6-11)13-10(14)9-4-1-2-7-17(9,15)16/h9H,1-8H2,(H,13,14). The molecule has 1 saturated heterocycles. The van der Waals surface area contributed by atoms with Crippen molar-refractivity contribution < 1.29 is 13.2 Å². The molecule has 1 aliphatic carbocycles. The largest absolute Gasteiger partial charge is 0.349 e. The first-order valence-corrected chi connectivity index (χ1v) is 8.92. The highest BCUT2D eigenvalue weighted by atomic mass is 79.9. The summed E-state index contributed by atoms with van der Waals surface area (Å²) in [5, 5.41) is 2.83. The van der Waals surface area contributed by atoms with Gasteiger partial charge in [-0.15, -0.1) is 0 Å². The number of sulfone groups is 1. The smallest absolute Gasteiger partial charge is 0.238 e. The molecule has 1 aliphatic heterocycles. The van der Waals surface area contributed by atoms with Gasteiger partial charge in [-0.1, -0.05) is 22.4 Å². The van der Waals surface area contributed by atoms with Crippen molar-refractivity contribution in [3.05, 3.63) is 0 Å². The van der Waals surface area contributed by atoms with E-state index in [2.05, 4.69) is 21.2 Å². The van der Waals surface area contributed by atoms with Crippen molar-refractivity contribution in [2.24, 2.45) is 0 Å². The molecule has 0 bridgehead atoms. The van der Waals surface area contributed by atoms with E-state index < -0.39 is 15.1 Å². The lowest BCUT2D eigenvalue weighted by molar-refractivity contribution is -0.123. The Hall–Kier alpha value is -0.100. The zero-order valence-electron chi connectivity index (χ0n) is 9.75. The van der Waals surface area contributed by atoms with Gasteiger partial charge in [-0.3, -0.25) is 4.79 Å². The summed E-state index contributed by atoms with van der Waals surface area (Å²) in [4.78, 5) is 12.1. The molecule has 0 spiro atoms. The van der Waals surface area contributed by atoms with Crippen LogP contribution in [0.4, 0.5) is 0 Å². The molecule has 1 saturated carbocycles. The van der Waals surface area contributed by atoms with Gasteiger partial charge >= 0.3 is 0 Å². The van der Waals surface area contributed by atoms with Gasteiger partial charge in [0.2, 0.25) is 5.91 Å². The van der Waals surface area contributed by atoms with Crippen molar-refractivity contribution in [2.45, 2.75) is 49.3 Å². The lowest BCUT2D eigenvalue weighted by Crippen LogP contribution is -2.58. The van der Waals surface area contributed by atoms with Gasteiger partial charge in [0.1, 0.15) is 5.25 Å². The summed E-state index contributed by atoms with van der Waals surface area (Å²) in [7, 11) is -3.21. The second-order valence-corrected chi connectivity index (χ2v) is 7.97. The highest BCUT2D eigenvalue weighted by molar-refractivity contribution is 9.09. The third kappa shape index (κ3) is 2.67. The maximum atomic E-state index is 12.1. The highest BCUT2D eigenvalue weighted by Gasteiger charge is 2.42. The van der Waals surface area contributed by atoms with Crippen LogP contribution in [-0.2, 0) is 14.6 Å². The number of amides is 1. The molecule has 98 valence electrons. The maximum Gasteiger partial charge on any atom is 0.238 e. The number of hydrogen-bond donors (Lipinski definition) is 1. The minimum absolute atomic E-state index is 0.159. The number of carbonyl (C=O) groups is 1. The summed E-state index contributed by atoms with van der Waals surface area (Å²) in [5.41, 5.74) is -0.190. The second kappa shape index (κ2) is 4.88. The van der Waals surface area contributed by atoms with Gasteiger partial charge < -0.3 is 5.32 Å². The van der Waals surface area contributed by atoms with Crippen molar-refractivity contribution in [3.63, 3.8) is 0 Å². The molecule has 4 nitrogen and oxygen atoms in total. The van der Waals surface area contributed by atoms with Crippen molar-refractivity contribution in [1.82, 2.24) is 5.32 Å². The molecule has 1 atom stereocenters. The molecule has 1 heterocycles. The fourth-order valence-corrected chi connectivity index (χ4v) is 4.99. The zero-order chi connectivity index (χ0) is 12.5. The molecule has 0 aromatic rings. The average Bonchev–Trinajstić information content (AvgIpc) is 2.22. The Kier molecular flexibility index (Phi) is 3.83. The van der Waals surface area contributed by atoms with Crippen LogP contribution < -0.4 is 5.32 Å². The second-order valence-electron chi connectivity index (χ2n) is 5.11. The van der Waals surface area contributed by atoms with Crippen LogP contribution in [-0.4, -0.2) is 36.2 Å².